The summed E-state index contributed by atoms with van der Waals surface area (Å²) in [5, 5.41) is 0. The number of carbonyl (C=O) groups is 1. The van der Waals surface area contributed by atoms with Crippen molar-refractivity contribution in [3.8, 4) is 0 Å². The molecule has 1 aromatic rings. The Morgan fingerprint density at radius 1 is 1.64 bits per heavy atom. The molecule has 0 atom stereocenters. The van der Waals surface area contributed by atoms with Crippen molar-refractivity contribution in [3.05, 3.63) is 29.8 Å². The van der Waals surface area contributed by atoms with E-state index in [0.29, 0.717) is 5.56 Å². The Balaban J connectivity index is 2.79. The summed E-state index contributed by atoms with van der Waals surface area (Å²) in [6, 6.07) is 1.31. The number of nitrogens with zero attached hydrogens (tertiary/aromatic N) is 1. The molecule has 1 rings (SSSR count). The van der Waals surface area contributed by atoms with E-state index >= 15 is 0 Å². The van der Waals surface area contributed by atoms with Crippen LogP contribution in [0.4, 0.5) is 4.39 Å². The summed E-state index contributed by atoms with van der Waals surface area (Å²) in [5.74, 6) is -0.388. The predicted molar refractivity (Wildman–Crippen MR) is 38.6 cm³/mol. The third kappa shape index (κ3) is 2.45. The van der Waals surface area contributed by atoms with Gasteiger partial charge in [-0.1, -0.05) is 0 Å². The van der Waals surface area contributed by atoms with E-state index in [2.05, 4.69) is 4.98 Å². The largest absolute Gasteiger partial charge is 0.300 e. The van der Waals surface area contributed by atoms with E-state index in [9.17, 15) is 9.18 Å². The molecule has 0 aliphatic carbocycles. The van der Waals surface area contributed by atoms with Crippen molar-refractivity contribution in [2.24, 2.45) is 0 Å². The SMILES string of the molecule is CC(=O)Cc1cncc(F)c1. The molecule has 0 aliphatic heterocycles. The number of ketones is 1. The van der Waals surface area contributed by atoms with Gasteiger partial charge in [0.25, 0.3) is 0 Å². The van der Waals surface area contributed by atoms with Crippen LogP contribution < -0.4 is 0 Å². The van der Waals surface area contributed by atoms with Crippen LogP contribution in [0.3, 0.4) is 0 Å². The summed E-state index contributed by atoms with van der Waals surface area (Å²) in [6.07, 6.45) is 2.86. The number of hydrogen-bond donors (Lipinski definition) is 0. The van der Waals surface area contributed by atoms with E-state index in [1.54, 1.807) is 0 Å². The first-order valence-electron chi connectivity index (χ1n) is 3.27. The summed E-state index contributed by atoms with van der Waals surface area (Å²) >= 11 is 0. The minimum Gasteiger partial charge on any atom is -0.300 e. The van der Waals surface area contributed by atoms with Gasteiger partial charge >= 0.3 is 0 Å². The van der Waals surface area contributed by atoms with Crippen LogP contribution in [-0.4, -0.2) is 10.8 Å². The van der Waals surface area contributed by atoms with Crippen LogP contribution in [-0.2, 0) is 11.2 Å². The topological polar surface area (TPSA) is 30.0 Å². The number of Topliss-reactive ketones (excluding diaryl/α,β-unsaturated/α-hetero) is 1. The molecule has 11 heavy (non-hydrogen) atoms. The first kappa shape index (κ1) is 7.85. The average Bonchev–Trinajstić information content (AvgIpc) is 1.85. The average molecular weight is 153 g/mol. The van der Waals surface area contributed by atoms with Crippen molar-refractivity contribution in [2.75, 3.05) is 0 Å². The fourth-order valence-corrected chi connectivity index (χ4v) is 0.840. The van der Waals surface area contributed by atoms with Gasteiger partial charge in [-0.2, -0.15) is 0 Å². The highest BCUT2D eigenvalue weighted by atomic mass is 19.1. The van der Waals surface area contributed by atoms with Crippen molar-refractivity contribution in [1.29, 1.82) is 0 Å². The number of carbonyl (C=O) groups excluding carboxylic acids is 1. The van der Waals surface area contributed by atoms with Crippen molar-refractivity contribution >= 4 is 5.78 Å². The highest BCUT2D eigenvalue weighted by Gasteiger charge is 1.98. The zero-order chi connectivity index (χ0) is 8.27. The Hall–Kier alpha value is -1.25. The van der Waals surface area contributed by atoms with Crippen LogP contribution in [0.2, 0.25) is 0 Å². The molecule has 0 spiro atoms. The van der Waals surface area contributed by atoms with Crippen LogP contribution >= 0.6 is 0 Å². The second kappa shape index (κ2) is 3.23. The monoisotopic (exact) mass is 153 g/mol. The number of aromatic nitrogens is 1. The Morgan fingerprint density at radius 2 is 2.36 bits per heavy atom. The highest BCUT2D eigenvalue weighted by molar-refractivity contribution is 5.77. The Bertz CT molecular complexity index is 273. The molecule has 0 N–H and O–H groups in total. The van der Waals surface area contributed by atoms with E-state index in [0.717, 1.165) is 6.20 Å². The Labute approximate surface area is 64.1 Å². The van der Waals surface area contributed by atoms with E-state index < -0.39 is 5.82 Å². The molecule has 0 unspecified atom stereocenters. The molecule has 2 nitrogen and oxygen atoms in total. The number of hydrogen-bond acceptors (Lipinski definition) is 2. The lowest BCUT2D eigenvalue weighted by atomic mass is 10.1. The molecule has 0 radical (unpaired) electrons. The summed E-state index contributed by atoms with van der Waals surface area (Å²) in [6.45, 7) is 1.46. The van der Waals surface area contributed by atoms with Crippen LogP contribution in [0, 0.1) is 5.82 Å². The van der Waals surface area contributed by atoms with Crippen LogP contribution in [0.5, 0.6) is 0 Å². The molecule has 0 saturated carbocycles. The molecule has 58 valence electrons. The molecular weight excluding hydrogens is 145 g/mol. The predicted octanol–water partition coefficient (Wildman–Crippen LogP) is 1.35. The van der Waals surface area contributed by atoms with Crippen molar-refractivity contribution in [3.63, 3.8) is 0 Å². The number of rotatable bonds is 2. The fraction of sp³-hybridized carbons (Fsp3) is 0.250. The summed E-state index contributed by atoms with van der Waals surface area (Å²) < 4.78 is 12.4. The minimum atomic E-state index is -0.399. The van der Waals surface area contributed by atoms with Crippen molar-refractivity contribution in [2.45, 2.75) is 13.3 Å². The summed E-state index contributed by atoms with van der Waals surface area (Å²) in [7, 11) is 0. The minimum absolute atomic E-state index is 0.0115. The Morgan fingerprint density at radius 3 is 2.91 bits per heavy atom. The van der Waals surface area contributed by atoms with Crippen LogP contribution in [0.15, 0.2) is 18.5 Å². The van der Waals surface area contributed by atoms with E-state index in [1.807, 2.05) is 0 Å². The molecule has 1 heterocycles. The zero-order valence-electron chi connectivity index (χ0n) is 6.17. The van der Waals surface area contributed by atoms with Crippen molar-refractivity contribution < 1.29 is 9.18 Å². The maximum Gasteiger partial charge on any atom is 0.141 e. The van der Waals surface area contributed by atoms with E-state index in [1.165, 1.54) is 19.2 Å². The van der Waals surface area contributed by atoms with Gasteiger partial charge in [0.05, 0.1) is 6.20 Å². The van der Waals surface area contributed by atoms with Crippen LogP contribution in [0.1, 0.15) is 12.5 Å². The van der Waals surface area contributed by atoms with Crippen molar-refractivity contribution in [1.82, 2.24) is 4.98 Å². The lowest BCUT2D eigenvalue weighted by molar-refractivity contribution is -0.116. The number of halogens is 1. The lowest BCUT2D eigenvalue weighted by Crippen LogP contribution is -1.97. The van der Waals surface area contributed by atoms with Gasteiger partial charge in [0.1, 0.15) is 11.6 Å². The lowest BCUT2D eigenvalue weighted by Gasteiger charge is -1.94. The smallest absolute Gasteiger partial charge is 0.141 e. The highest BCUT2D eigenvalue weighted by Crippen LogP contribution is 2.01. The van der Waals surface area contributed by atoms with Gasteiger partial charge in [-0.25, -0.2) is 4.39 Å². The summed E-state index contributed by atoms with van der Waals surface area (Å²) in [5.41, 5.74) is 0.623. The molecule has 0 aromatic carbocycles. The molecular formula is C8H8FNO. The normalized spacial score (nSPS) is 9.64. The molecule has 0 amide bonds. The summed E-state index contributed by atoms with van der Waals surface area (Å²) in [4.78, 5) is 14.2. The van der Waals surface area contributed by atoms with Gasteiger partial charge in [0.15, 0.2) is 0 Å². The van der Waals surface area contributed by atoms with Gasteiger partial charge in [0.2, 0.25) is 0 Å². The zero-order valence-corrected chi connectivity index (χ0v) is 6.17. The van der Waals surface area contributed by atoms with Gasteiger partial charge in [0, 0.05) is 12.6 Å². The third-order valence-electron chi connectivity index (χ3n) is 1.21. The maximum atomic E-state index is 12.4. The Kier molecular flexibility index (Phi) is 2.31. The van der Waals surface area contributed by atoms with Gasteiger partial charge < -0.3 is 0 Å². The molecule has 1 aromatic heterocycles. The molecule has 0 saturated heterocycles. The molecule has 0 bridgehead atoms. The second-order valence-electron chi connectivity index (χ2n) is 2.39. The first-order chi connectivity index (χ1) is 5.18. The van der Waals surface area contributed by atoms with Gasteiger partial charge in [-0.05, 0) is 18.6 Å². The van der Waals surface area contributed by atoms with Gasteiger partial charge in [-0.3, -0.25) is 9.78 Å². The third-order valence-corrected chi connectivity index (χ3v) is 1.21. The number of pyridine rings is 1. The van der Waals surface area contributed by atoms with Gasteiger partial charge in [-0.15, -0.1) is 0 Å². The second-order valence-corrected chi connectivity index (χ2v) is 2.39. The van der Waals surface area contributed by atoms with Crippen LogP contribution in [0.25, 0.3) is 0 Å². The molecule has 0 fully saturated rings. The fourth-order valence-electron chi connectivity index (χ4n) is 0.840. The van der Waals surface area contributed by atoms with E-state index in [-0.39, 0.29) is 12.2 Å². The van der Waals surface area contributed by atoms with E-state index in [4.69, 9.17) is 0 Å². The standard InChI is InChI=1S/C8H8FNO/c1-6(11)2-7-3-8(9)5-10-4-7/h3-5H,2H2,1H3. The quantitative estimate of drug-likeness (QED) is 0.642. The molecule has 0 aliphatic rings. The maximum absolute atomic E-state index is 12.4. The first-order valence-corrected chi connectivity index (χ1v) is 3.27. The molecule has 3 heteroatoms.